The first kappa shape index (κ1) is 19.9. The Bertz CT molecular complexity index is 1180. The van der Waals surface area contributed by atoms with Crippen LogP contribution in [0.5, 0.6) is 11.5 Å². The van der Waals surface area contributed by atoms with E-state index in [1.807, 2.05) is 31.2 Å². The van der Waals surface area contributed by atoms with E-state index in [-0.39, 0.29) is 18.0 Å². The average Bonchev–Trinajstić information content (AvgIpc) is 3.02. The number of allylic oxidation sites excluding steroid dienone is 1. The van der Waals surface area contributed by atoms with Crippen molar-refractivity contribution in [1.29, 1.82) is 0 Å². The maximum absolute atomic E-state index is 12.7. The summed E-state index contributed by atoms with van der Waals surface area (Å²) in [5.74, 6) is 0.463. The molecule has 1 aliphatic heterocycles. The fourth-order valence-electron chi connectivity index (χ4n) is 3.32. The normalized spacial score (nSPS) is 13.8. The highest BCUT2D eigenvalue weighted by Crippen LogP contribution is 2.39. The second kappa shape index (κ2) is 8.17. The van der Waals surface area contributed by atoms with E-state index in [2.05, 4.69) is 0 Å². The van der Waals surface area contributed by atoms with Gasteiger partial charge in [-0.25, -0.2) is 0 Å². The number of esters is 1. The molecule has 0 spiro atoms. The van der Waals surface area contributed by atoms with Gasteiger partial charge in [0.2, 0.25) is 5.78 Å². The lowest BCUT2D eigenvalue weighted by Crippen LogP contribution is -2.12. The molecule has 0 aromatic heterocycles. The molecule has 0 N–H and O–H groups in total. The number of halogens is 1. The molecule has 1 heterocycles. The third-order valence-electron chi connectivity index (χ3n) is 4.86. The van der Waals surface area contributed by atoms with Gasteiger partial charge >= 0.3 is 5.97 Å². The summed E-state index contributed by atoms with van der Waals surface area (Å²) in [7, 11) is 0. The zero-order valence-electron chi connectivity index (χ0n) is 16.6. The topological polar surface area (TPSA) is 52.6 Å². The minimum Gasteiger partial charge on any atom is -0.452 e. The van der Waals surface area contributed by atoms with Gasteiger partial charge in [0.1, 0.15) is 11.5 Å². The van der Waals surface area contributed by atoms with Gasteiger partial charge in [0, 0.05) is 10.6 Å². The molecule has 0 atom stereocenters. The maximum Gasteiger partial charge on any atom is 0.315 e. The first-order valence-electron chi connectivity index (χ1n) is 9.50. The molecule has 0 saturated heterocycles. The van der Waals surface area contributed by atoms with Crippen LogP contribution in [0.4, 0.5) is 0 Å². The highest BCUT2D eigenvalue weighted by atomic mass is 35.5. The van der Waals surface area contributed by atoms with Crippen LogP contribution < -0.4 is 9.47 Å². The molecule has 30 heavy (non-hydrogen) atoms. The van der Waals surface area contributed by atoms with Gasteiger partial charge < -0.3 is 9.47 Å². The molecule has 0 amide bonds. The van der Waals surface area contributed by atoms with Crippen LogP contribution in [0, 0.1) is 13.8 Å². The fourth-order valence-corrected chi connectivity index (χ4v) is 3.44. The van der Waals surface area contributed by atoms with Crippen molar-refractivity contribution in [3.63, 3.8) is 0 Å². The summed E-state index contributed by atoms with van der Waals surface area (Å²) < 4.78 is 11.4. The van der Waals surface area contributed by atoms with Gasteiger partial charge in [-0.1, -0.05) is 53.6 Å². The van der Waals surface area contributed by atoms with Crippen molar-refractivity contribution in [2.45, 2.75) is 20.3 Å². The summed E-state index contributed by atoms with van der Waals surface area (Å²) in [5.41, 5.74) is 3.86. The van der Waals surface area contributed by atoms with E-state index in [0.29, 0.717) is 27.6 Å². The highest BCUT2D eigenvalue weighted by molar-refractivity contribution is 6.30. The Morgan fingerprint density at radius 1 is 1.07 bits per heavy atom. The summed E-state index contributed by atoms with van der Waals surface area (Å²) in [4.78, 5) is 25.1. The molecule has 0 saturated carbocycles. The molecular formula is C25H19ClO4. The monoisotopic (exact) mass is 418 g/mol. The SMILES string of the molecule is Cc1cccc(/C=C2\Oc3c(ccc(OC(=O)Cc4ccc(Cl)cc4)c3C)C2=O)c1. The number of ketones is 1. The van der Waals surface area contributed by atoms with Crippen molar-refractivity contribution in [1.82, 2.24) is 0 Å². The molecule has 3 aromatic carbocycles. The lowest BCUT2D eigenvalue weighted by Gasteiger charge is -2.10. The van der Waals surface area contributed by atoms with Gasteiger partial charge in [0.05, 0.1) is 12.0 Å². The highest BCUT2D eigenvalue weighted by Gasteiger charge is 2.30. The van der Waals surface area contributed by atoms with Crippen molar-refractivity contribution in [3.8, 4) is 11.5 Å². The number of fused-ring (bicyclic) bond motifs is 1. The zero-order valence-corrected chi connectivity index (χ0v) is 17.3. The first-order valence-corrected chi connectivity index (χ1v) is 9.88. The van der Waals surface area contributed by atoms with Crippen LogP contribution in [0.3, 0.4) is 0 Å². The van der Waals surface area contributed by atoms with Gasteiger partial charge in [0.15, 0.2) is 5.76 Å². The second-order valence-electron chi connectivity index (χ2n) is 7.20. The van der Waals surface area contributed by atoms with E-state index < -0.39 is 5.97 Å². The molecule has 5 heteroatoms. The van der Waals surface area contributed by atoms with E-state index in [9.17, 15) is 9.59 Å². The van der Waals surface area contributed by atoms with Crippen LogP contribution in [0.1, 0.15) is 32.6 Å². The van der Waals surface area contributed by atoms with Crippen LogP contribution in [0.2, 0.25) is 5.02 Å². The third kappa shape index (κ3) is 4.14. The van der Waals surface area contributed by atoms with Crippen LogP contribution in [-0.2, 0) is 11.2 Å². The third-order valence-corrected chi connectivity index (χ3v) is 5.11. The number of ether oxygens (including phenoxy) is 2. The molecule has 0 unspecified atom stereocenters. The molecule has 1 aliphatic rings. The quantitative estimate of drug-likeness (QED) is 0.309. The molecule has 0 bridgehead atoms. The van der Waals surface area contributed by atoms with E-state index in [4.69, 9.17) is 21.1 Å². The number of hydrogen-bond donors (Lipinski definition) is 0. The zero-order chi connectivity index (χ0) is 21.3. The summed E-state index contributed by atoms with van der Waals surface area (Å²) in [5, 5.41) is 0.609. The number of hydrogen-bond acceptors (Lipinski definition) is 4. The Morgan fingerprint density at radius 3 is 2.57 bits per heavy atom. The molecular weight excluding hydrogens is 400 g/mol. The van der Waals surface area contributed by atoms with E-state index in [1.165, 1.54) is 0 Å². The molecule has 4 rings (SSSR count). The summed E-state index contributed by atoms with van der Waals surface area (Å²) in [6.45, 7) is 3.76. The molecule has 0 fully saturated rings. The van der Waals surface area contributed by atoms with Gasteiger partial charge in [-0.3, -0.25) is 9.59 Å². The minimum absolute atomic E-state index is 0.117. The van der Waals surface area contributed by atoms with Crippen LogP contribution in [-0.4, -0.2) is 11.8 Å². The van der Waals surface area contributed by atoms with Crippen molar-refractivity contribution >= 4 is 29.4 Å². The average molecular weight is 419 g/mol. The molecule has 0 aliphatic carbocycles. The fraction of sp³-hybridized carbons (Fsp3) is 0.120. The van der Waals surface area contributed by atoms with Crippen LogP contribution in [0.25, 0.3) is 6.08 Å². The van der Waals surface area contributed by atoms with Gasteiger partial charge in [0.25, 0.3) is 0 Å². The number of rotatable bonds is 4. The molecule has 4 nitrogen and oxygen atoms in total. The van der Waals surface area contributed by atoms with Gasteiger partial charge in [-0.05, 0) is 55.3 Å². The Labute approximate surface area is 179 Å². The van der Waals surface area contributed by atoms with E-state index in [1.54, 1.807) is 49.4 Å². The summed E-state index contributed by atoms with van der Waals surface area (Å²) >= 11 is 5.87. The van der Waals surface area contributed by atoms with Gasteiger partial charge in [-0.2, -0.15) is 0 Å². The second-order valence-corrected chi connectivity index (χ2v) is 7.63. The number of benzene rings is 3. The smallest absolute Gasteiger partial charge is 0.315 e. The lowest BCUT2D eigenvalue weighted by molar-refractivity contribution is -0.133. The Balaban J connectivity index is 1.54. The maximum atomic E-state index is 12.7. The number of Topliss-reactive ketones (excluding diaryl/α,β-unsaturated/α-hetero) is 1. The Morgan fingerprint density at radius 2 is 1.83 bits per heavy atom. The number of carbonyl (C=O) groups excluding carboxylic acids is 2. The summed E-state index contributed by atoms with van der Waals surface area (Å²) in [6, 6.07) is 18.1. The number of carbonyl (C=O) groups is 2. The molecule has 3 aromatic rings. The largest absolute Gasteiger partial charge is 0.452 e. The first-order chi connectivity index (χ1) is 14.4. The minimum atomic E-state index is -0.403. The van der Waals surface area contributed by atoms with Crippen molar-refractivity contribution in [3.05, 3.63) is 99.3 Å². The van der Waals surface area contributed by atoms with Crippen LogP contribution >= 0.6 is 11.6 Å². The Hall–Kier alpha value is -3.37. The standard InChI is InChI=1S/C25H19ClO4/c1-15-4-3-5-18(12-15)13-22-24(28)20-10-11-21(16(2)25(20)30-22)29-23(27)14-17-6-8-19(26)9-7-17/h3-13H,14H2,1-2H3/b22-13-. The van der Waals surface area contributed by atoms with Crippen molar-refractivity contribution in [2.75, 3.05) is 0 Å². The summed E-state index contributed by atoms with van der Waals surface area (Å²) in [6.07, 6.45) is 1.84. The van der Waals surface area contributed by atoms with Gasteiger partial charge in [-0.15, -0.1) is 0 Å². The molecule has 0 radical (unpaired) electrons. The number of aryl methyl sites for hydroxylation is 1. The van der Waals surface area contributed by atoms with Crippen LogP contribution in [0.15, 0.2) is 66.4 Å². The van der Waals surface area contributed by atoms with Crippen molar-refractivity contribution in [2.24, 2.45) is 0 Å². The van der Waals surface area contributed by atoms with Crippen molar-refractivity contribution < 1.29 is 19.1 Å². The predicted octanol–water partition coefficient (Wildman–Crippen LogP) is 5.72. The molecule has 150 valence electrons. The Kier molecular flexibility index (Phi) is 5.42. The predicted molar refractivity (Wildman–Crippen MR) is 116 cm³/mol. The van der Waals surface area contributed by atoms with E-state index in [0.717, 1.165) is 16.7 Å². The van der Waals surface area contributed by atoms with E-state index >= 15 is 0 Å². The lowest BCUT2D eigenvalue weighted by atomic mass is 10.1.